The summed E-state index contributed by atoms with van der Waals surface area (Å²) in [7, 11) is 0. The number of hydrogen-bond acceptors (Lipinski definition) is 5. The van der Waals surface area contributed by atoms with Crippen molar-refractivity contribution in [3.63, 3.8) is 0 Å². The molecule has 0 saturated heterocycles. The molecule has 0 spiro atoms. The van der Waals surface area contributed by atoms with Crippen LogP contribution in [0.5, 0.6) is 0 Å². The Hall–Kier alpha value is -5.50. The first-order valence-electron chi connectivity index (χ1n) is 20.4. The third-order valence-corrected chi connectivity index (χ3v) is 9.87. The van der Waals surface area contributed by atoms with E-state index in [9.17, 15) is 19.2 Å². The van der Waals surface area contributed by atoms with E-state index in [0.717, 1.165) is 60.8 Å². The fourth-order valence-corrected chi connectivity index (χ4v) is 6.68. The summed E-state index contributed by atoms with van der Waals surface area (Å²) in [5.41, 5.74) is 4.42. The van der Waals surface area contributed by atoms with Gasteiger partial charge in [0.2, 0.25) is 17.7 Å². The topological polar surface area (TPSA) is 114 Å². The van der Waals surface area contributed by atoms with Crippen LogP contribution in [0.25, 0.3) is 0 Å². The van der Waals surface area contributed by atoms with Crippen molar-refractivity contribution < 1.29 is 23.9 Å². The van der Waals surface area contributed by atoms with Gasteiger partial charge in [0.25, 0.3) is 0 Å². The van der Waals surface area contributed by atoms with Gasteiger partial charge in [0, 0.05) is 50.0 Å². The van der Waals surface area contributed by atoms with Crippen LogP contribution in [-0.2, 0) is 23.9 Å². The van der Waals surface area contributed by atoms with E-state index in [-0.39, 0.29) is 55.0 Å². The zero-order valence-corrected chi connectivity index (χ0v) is 32.7. The molecule has 0 fully saturated rings. The van der Waals surface area contributed by atoms with E-state index in [2.05, 4.69) is 40.2 Å². The van der Waals surface area contributed by atoms with Crippen LogP contribution in [0.2, 0.25) is 0 Å². The maximum absolute atomic E-state index is 12.5. The highest BCUT2D eigenvalue weighted by molar-refractivity contribution is 5.96. The van der Waals surface area contributed by atoms with E-state index in [0.29, 0.717) is 19.6 Å². The molecule has 0 heterocycles. The van der Waals surface area contributed by atoms with Gasteiger partial charge in [-0.25, -0.2) is 0 Å². The maximum Gasteiger partial charge on any atom is 0.306 e. The lowest BCUT2D eigenvalue weighted by atomic mass is 9.91. The molecule has 4 aromatic carbocycles. The number of amides is 3. The molecular formula is C48H59N3O5. The van der Waals surface area contributed by atoms with Gasteiger partial charge in [-0.2, -0.15) is 0 Å². The third kappa shape index (κ3) is 17.3. The third-order valence-electron chi connectivity index (χ3n) is 9.87. The summed E-state index contributed by atoms with van der Waals surface area (Å²) in [6.45, 7) is 1.90. The molecular weight excluding hydrogens is 699 g/mol. The average Bonchev–Trinajstić information content (AvgIpc) is 3.24. The minimum Gasteiger partial charge on any atom is -0.465 e. The molecule has 0 unspecified atom stereocenters. The Morgan fingerprint density at radius 3 is 1.27 bits per heavy atom. The molecule has 0 aromatic heterocycles. The van der Waals surface area contributed by atoms with Crippen LogP contribution in [-0.4, -0.2) is 49.9 Å². The number of carbonyl (C=O) groups is 4. The second kappa shape index (κ2) is 26.3. The summed E-state index contributed by atoms with van der Waals surface area (Å²) in [6.07, 6.45) is 13.8. The molecule has 0 aliphatic heterocycles. The largest absolute Gasteiger partial charge is 0.465 e. The van der Waals surface area contributed by atoms with E-state index in [1.54, 1.807) is 0 Å². The number of hydrogen-bond donors (Lipinski definition) is 3. The fourth-order valence-electron chi connectivity index (χ4n) is 6.68. The average molecular weight is 758 g/mol. The summed E-state index contributed by atoms with van der Waals surface area (Å²) in [6, 6.07) is 40.2. The molecule has 8 heteroatoms. The van der Waals surface area contributed by atoms with Crippen molar-refractivity contribution >= 4 is 23.7 Å². The minimum atomic E-state index is -0.359. The van der Waals surface area contributed by atoms with Crippen LogP contribution in [0, 0.1) is 0 Å². The van der Waals surface area contributed by atoms with E-state index in [1.807, 2.05) is 97.1 Å². The fraction of sp³-hybridized carbons (Fsp3) is 0.375. The van der Waals surface area contributed by atoms with Crippen molar-refractivity contribution in [2.24, 2.45) is 0 Å². The molecule has 296 valence electrons. The van der Waals surface area contributed by atoms with Gasteiger partial charge < -0.3 is 20.7 Å². The second-order valence-electron chi connectivity index (χ2n) is 14.2. The molecule has 0 saturated carbocycles. The lowest BCUT2D eigenvalue weighted by Gasteiger charge is -2.18. The zero-order chi connectivity index (χ0) is 39.5. The van der Waals surface area contributed by atoms with Crippen molar-refractivity contribution in [2.45, 2.75) is 88.9 Å². The molecule has 8 nitrogen and oxygen atoms in total. The zero-order valence-electron chi connectivity index (χ0n) is 32.7. The molecule has 4 rings (SSSR count). The maximum atomic E-state index is 12.5. The standard InChI is InChI=1S/C48H59N3O5/c52-45(31-32-47(54)51-37-43(39-23-13-9-14-24-39)40-25-15-10-16-26-40)49-35-21-7-5-3-1-2-4-6-8-22-36-50-46(53)33-34-48(55)56-38-44(41-27-17-11-18-28-41)42-29-19-12-20-30-42/h9-20,23-32,43-44H,1-8,21-22,33-38H2,(H,49,52)(H,50,53)(H,51,54)/b32-31+. The smallest absolute Gasteiger partial charge is 0.306 e. The van der Waals surface area contributed by atoms with Gasteiger partial charge in [-0.15, -0.1) is 0 Å². The molecule has 0 aliphatic carbocycles. The lowest BCUT2D eigenvalue weighted by Crippen LogP contribution is -2.28. The number of carbonyl (C=O) groups excluding carboxylic acids is 4. The SMILES string of the molecule is O=C(/C=C/C(=O)NCC(c1ccccc1)c1ccccc1)NCCCCCCCCCCCCNC(=O)CCC(=O)OCC(c1ccccc1)c1ccccc1. The minimum absolute atomic E-state index is 0.0265. The van der Waals surface area contributed by atoms with Gasteiger partial charge in [-0.3, -0.25) is 19.2 Å². The van der Waals surface area contributed by atoms with Gasteiger partial charge in [0.15, 0.2) is 0 Å². The normalized spacial score (nSPS) is 11.1. The van der Waals surface area contributed by atoms with Gasteiger partial charge in [0.1, 0.15) is 6.61 Å². The Morgan fingerprint density at radius 2 is 0.821 bits per heavy atom. The van der Waals surface area contributed by atoms with Crippen LogP contribution in [0.1, 0.15) is 111 Å². The quantitative estimate of drug-likeness (QED) is 0.0337. The molecule has 0 atom stereocenters. The number of benzene rings is 4. The predicted molar refractivity (Wildman–Crippen MR) is 224 cm³/mol. The summed E-state index contributed by atoms with van der Waals surface area (Å²) < 4.78 is 5.59. The van der Waals surface area contributed by atoms with Gasteiger partial charge in [0.05, 0.1) is 6.42 Å². The van der Waals surface area contributed by atoms with Crippen molar-refractivity contribution in [2.75, 3.05) is 26.2 Å². The van der Waals surface area contributed by atoms with Crippen molar-refractivity contribution in [1.29, 1.82) is 0 Å². The summed E-state index contributed by atoms with van der Waals surface area (Å²) in [4.78, 5) is 49.4. The Kier molecular flexibility index (Phi) is 20.3. The van der Waals surface area contributed by atoms with E-state index < -0.39 is 0 Å². The first-order chi connectivity index (χ1) is 27.5. The number of rotatable bonds is 26. The van der Waals surface area contributed by atoms with Crippen LogP contribution in [0.4, 0.5) is 0 Å². The molecule has 3 amide bonds. The Labute approximate surface area is 333 Å². The van der Waals surface area contributed by atoms with E-state index in [1.165, 1.54) is 37.8 Å². The van der Waals surface area contributed by atoms with Crippen molar-refractivity contribution in [1.82, 2.24) is 16.0 Å². The second-order valence-corrected chi connectivity index (χ2v) is 14.2. The number of ether oxygens (including phenoxy) is 1. The monoisotopic (exact) mass is 757 g/mol. The molecule has 0 bridgehead atoms. The highest BCUT2D eigenvalue weighted by Crippen LogP contribution is 2.25. The van der Waals surface area contributed by atoms with E-state index >= 15 is 0 Å². The number of nitrogens with one attached hydrogen (secondary N) is 3. The molecule has 0 radical (unpaired) electrons. The van der Waals surface area contributed by atoms with Crippen LogP contribution >= 0.6 is 0 Å². The first kappa shape index (κ1) is 43.2. The number of unbranched alkanes of at least 4 members (excludes halogenated alkanes) is 9. The van der Waals surface area contributed by atoms with E-state index in [4.69, 9.17) is 4.74 Å². The van der Waals surface area contributed by atoms with Gasteiger partial charge >= 0.3 is 5.97 Å². The molecule has 3 N–H and O–H groups in total. The Balaban J connectivity index is 0.933. The molecule has 0 aliphatic rings. The summed E-state index contributed by atoms with van der Waals surface area (Å²) in [5.74, 6) is -1.04. The predicted octanol–water partition coefficient (Wildman–Crippen LogP) is 8.78. The Morgan fingerprint density at radius 1 is 0.446 bits per heavy atom. The molecule has 56 heavy (non-hydrogen) atoms. The van der Waals surface area contributed by atoms with Crippen molar-refractivity contribution in [3.05, 3.63) is 156 Å². The van der Waals surface area contributed by atoms with Crippen LogP contribution in [0.3, 0.4) is 0 Å². The highest BCUT2D eigenvalue weighted by atomic mass is 16.5. The molecule has 4 aromatic rings. The highest BCUT2D eigenvalue weighted by Gasteiger charge is 2.17. The van der Waals surface area contributed by atoms with Crippen LogP contribution < -0.4 is 16.0 Å². The van der Waals surface area contributed by atoms with Crippen molar-refractivity contribution in [3.8, 4) is 0 Å². The summed E-state index contributed by atoms with van der Waals surface area (Å²) in [5, 5.41) is 8.75. The Bertz CT molecular complexity index is 1650. The summed E-state index contributed by atoms with van der Waals surface area (Å²) >= 11 is 0. The first-order valence-corrected chi connectivity index (χ1v) is 20.4. The lowest BCUT2D eigenvalue weighted by molar-refractivity contribution is -0.145. The van der Waals surface area contributed by atoms with Crippen LogP contribution in [0.15, 0.2) is 133 Å². The van der Waals surface area contributed by atoms with Gasteiger partial charge in [-0.05, 0) is 35.1 Å². The number of esters is 1. The van der Waals surface area contributed by atoms with Gasteiger partial charge in [-0.1, -0.05) is 173 Å².